The van der Waals surface area contributed by atoms with Crippen molar-refractivity contribution in [3.63, 3.8) is 0 Å². The minimum atomic E-state index is 0.211. The van der Waals surface area contributed by atoms with E-state index in [9.17, 15) is 0 Å². The summed E-state index contributed by atoms with van der Waals surface area (Å²) in [5.74, 6) is 6.06. The third-order valence-corrected chi connectivity index (χ3v) is 1.71. The van der Waals surface area contributed by atoms with Crippen LogP contribution in [0.25, 0.3) is 0 Å². The van der Waals surface area contributed by atoms with E-state index < -0.39 is 0 Å². The van der Waals surface area contributed by atoms with Gasteiger partial charge in [-0.1, -0.05) is 0 Å². The number of hydrogen-bond acceptors (Lipinski definition) is 3. The number of amidine groups is 1. The minimum Gasteiger partial charge on any atom is -0.308 e. The van der Waals surface area contributed by atoms with Crippen molar-refractivity contribution in [2.24, 2.45) is 10.8 Å². The molecule has 0 saturated heterocycles. The van der Waals surface area contributed by atoms with Crippen LogP contribution in [0.5, 0.6) is 0 Å². The number of nitrogens with zero attached hydrogens (tertiary/aromatic N) is 2. The molecular weight excluding hydrogens is 176 g/mol. The first kappa shape index (κ1) is 10.7. The normalized spacial score (nSPS) is 11.9. The van der Waals surface area contributed by atoms with Crippen LogP contribution in [0.2, 0.25) is 0 Å². The van der Waals surface area contributed by atoms with Crippen LogP contribution >= 0.6 is 0 Å². The molecule has 3 N–H and O–H groups in total. The summed E-state index contributed by atoms with van der Waals surface area (Å²) in [6, 6.07) is 4.09. The van der Waals surface area contributed by atoms with Gasteiger partial charge in [0.25, 0.3) is 0 Å². The molecule has 4 nitrogen and oxygen atoms in total. The smallest absolute Gasteiger partial charge is 0.144 e. The monoisotopic (exact) mass is 192 g/mol. The number of aromatic nitrogens is 1. The standard InChI is InChI=1S/C10H16N4/c1-7(2)13-10(14-11)9-5-4-8(3)12-6-9/h4-7H,11H2,1-3H3,(H,13,14). The Kier molecular flexibility index (Phi) is 3.59. The lowest BCUT2D eigenvalue weighted by Gasteiger charge is -2.07. The Balaban J connectivity index is 2.95. The van der Waals surface area contributed by atoms with E-state index in [4.69, 9.17) is 5.84 Å². The van der Waals surface area contributed by atoms with E-state index in [0.29, 0.717) is 5.84 Å². The molecule has 0 spiro atoms. The number of rotatable bonds is 2. The first-order chi connectivity index (χ1) is 6.63. The molecule has 0 radical (unpaired) electrons. The maximum Gasteiger partial charge on any atom is 0.144 e. The van der Waals surface area contributed by atoms with Crippen molar-refractivity contribution in [1.82, 2.24) is 10.4 Å². The van der Waals surface area contributed by atoms with Crippen molar-refractivity contribution >= 4 is 5.84 Å². The van der Waals surface area contributed by atoms with Crippen molar-refractivity contribution in [2.45, 2.75) is 26.8 Å². The van der Waals surface area contributed by atoms with E-state index in [1.54, 1.807) is 6.20 Å². The molecule has 1 aromatic heterocycles. The summed E-state index contributed by atoms with van der Waals surface area (Å²) in [6.07, 6.45) is 1.76. The SMILES string of the molecule is Cc1ccc(C(=NC(C)C)NN)cn1. The van der Waals surface area contributed by atoms with Crippen LogP contribution < -0.4 is 11.3 Å². The molecule has 76 valence electrons. The fraction of sp³-hybridized carbons (Fsp3) is 0.400. The molecule has 0 saturated carbocycles. The van der Waals surface area contributed by atoms with Crippen LogP contribution in [-0.4, -0.2) is 16.9 Å². The lowest BCUT2D eigenvalue weighted by Crippen LogP contribution is -2.32. The molecule has 0 atom stereocenters. The van der Waals surface area contributed by atoms with Gasteiger partial charge in [-0.25, -0.2) is 5.84 Å². The topological polar surface area (TPSA) is 63.3 Å². The average molecular weight is 192 g/mol. The van der Waals surface area contributed by atoms with E-state index in [1.807, 2.05) is 32.9 Å². The van der Waals surface area contributed by atoms with Gasteiger partial charge >= 0.3 is 0 Å². The number of nitrogens with two attached hydrogens (primary N) is 1. The zero-order valence-electron chi connectivity index (χ0n) is 8.78. The molecule has 4 heteroatoms. The molecule has 14 heavy (non-hydrogen) atoms. The summed E-state index contributed by atoms with van der Waals surface area (Å²) >= 11 is 0. The fourth-order valence-electron chi connectivity index (χ4n) is 1.06. The van der Waals surface area contributed by atoms with Crippen LogP contribution in [0.1, 0.15) is 25.1 Å². The maximum atomic E-state index is 5.38. The van der Waals surface area contributed by atoms with E-state index >= 15 is 0 Å². The first-order valence-electron chi connectivity index (χ1n) is 4.61. The maximum absolute atomic E-state index is 5.38. The molecule has 0 aliphatic rings. The molecule has 0 bridgehead atoms. The number of pyridine rings is 1. The van der Waals surface area contributed by atoms with Gasteiger partial charge in [0, 0.05) is 23.5 Å². The lowest BCUT2D eigenvalue weighted by molar-refractivity contribution is 0.820. The Hall–Kier alpha value is -1.42. The summed E-state index contributed by atoms with van der Waals surface area (Å²) in [5.41, 5.74) is 4.47. The van der Waals surface area contributed by atoms with Gasteiger partial charge in [-0.3, -0.25) is 9.98 Å². The van der Waals surface area contributed by atoms with Crippen LogP contribution in [0.4, 0.5) is 0 Å². The molecule has 0 unspecified atom stereocenters. The van der Waals surface area contributed by atoms with E-state index in [2.05, 4.69) is 15.4 Å². The summed E-state index contributed by atoms with van der Waals surface area (Å²) in [6.45, 7) is 5.94. The van der Waals surface area contributed by atoms with Gasteiger partial charge in [0.15, 0.2) is 0 Å². The Morgan fingerprint density at radius 1 is 1.50 bits per heavy atom. The number of hydrazine groups is 1. The van der Waals surface area contributed by atoms with Gasteiger partial charge in [0.1, 0.15) is 5.84 Å². The van der Waals surface area contributed by atoms with Crippen molar-refractivity contribution in [3.05, 3.63) is 29.6 Å². The average Bonchev–Trinajstić information content (AvgIpc) is 2.15. The highest BCUT2D eigenvalue weighted by Crippen LogP contribution is 2.01. The molecule has 0 fully saturated rings. The van der Waals surface area contributed by atoms with Crippen LogP contribution in [0, 0.1) is 6.92 Å². The molecule has 0 aliphatic heterocycles. The zero-order chi connectivity index (χ0) is 10.6. The van der Waals surface area contributed by atoms with E-state index in [0.717, 1.165) is 11.3 Å². The van der Waals surface area contributed by atoms with Gasteiger partial charge in [0.2, 0.25) is 0 Å². The van der Waals surface area contributed by atoms with Crippen molar-refractivity contribution < 1.29 is 0 Å². The number of aliphatic imine (C=N–C) groups is 1. The van der Waals surface area contributed by atoms with Crippen LogP contribution in [0.3, 0.4) is 0 Å². The predicted octanol–water partition coefficient (Wildman–Crippen LogP) is 1.01. The molecule has 0 aliphatic carbocycles. The third-order valence-electron chi connectivity index (χ3n) is 1.71. The van der Waals surface area contributed by atoms with E-state index in [1.165, 1.54) is 0 Å². The van der Waals surface area contributed by atoms with Crippen molar-refractivity contribution in [2.75, 3.05) is 0 Å². The van der Waals surface area contributed by atoms with Gasteiger partial charge in [0.05, 0.1) is 0 Å². The number of aryl methyl sites for hydroxylation is 1. The predicted molar refractivity (Wildman–Crippen MR) is 58.0 cm³/mol. The lowest BCUT2D eigenvalue weighted by atomic mass is 10.2. The van der Waals surface area contributed by atoms with Gasteiger partial charge in [-0.05, 0) is 32.9 Å². The number of nitrogens with one attached hydrogen (secondary N) is 1. The van der Waals surface area contributed by atoms with Crippen molar-refractivity contribution in [1.29, 1.82) is 0 Å². The first-order valence-corrected chi connectivity index (χ1v) is 4.61. The zero-order valence-corrected chi connectivity index (χ0v) is 8.78. The summed E-state index contributed by atoms with van der Waals surface area (Å²) in [4.78, 5) is 8.51. The molecule has 1 heterocycles. The van der Waals surface area contributed by atoms with Crippen molar-refractivity contribution in [3.8, 4) is 0 Å². The second kappa shape index (κ2) is 4.72. The molecule has 0 amide bonds. The third kappa shape index (κ3) is 2.81. The Morgan fingerprint density at radius 2 is 2.21 bits per heavy atom. The van der Waals surface area contributed by atoms with Crippen LogP contribution in [-0.2, 0) is 0 Å². The molecule has 0 aromatic carbocycles. The molecule has 1 aromatic rings. The van der Waals surface area contributed by atoms with Gasteiger partial charge < -0.3 is 5.43 Å². The van der Waals surface area contributed by atoms with Gasteiger partial charge in [-0.2, -0.15) is 0 Å². The largest absolute Gasteiger partial charge is 0.308 e. The quantitative estimate of drug-likeness (QED) is 0.318. The molecule has 1 rings (SSSR count). The second-order valence-electron chi connectivity index (χ2n) is 3.40. The second-order valence-corrected chi connectivity index (χ2v) is 3.40. The van der Waals surface area contributed by atoms with Gasteiger partial charge in [-0.15, -0.1) is 0 Å². The number of hydrogen-bond donors (Lipinski definition) is 2. The summed E-state index contributed by atoms with van der Waals surface area (Å²) < 4.78 is 0. The highest BCUT2D eigenvalue weighted by molar-refractivity contribution is 5.98. The Morgan fingerprint density at radius 3 is 2.64 bits per heavy atom. The Bertz CT molecular complexity index is 313. The minimum absolute atomic E-state index is 0.211. The van der Waals surface area contributed by atoms with Crippen LogP contribution in [0.15, 0.2) is 23.3 Å². The fourth-order valence-corrected chi connectivity index (χ4v) is 1.06. The van der Waals surface area contributed by atoms with E-state index in [-0.39, 0.29) is 6.04 Å². The molecular formula is C10H16N4. The summed E-state index contributed by atoms with van der Waals surface area (Å²) in [7, 11) is 0. The Labute approximate surface area is 84.2 Å². The highest BCUT2D eigenvalue weighted by Gasteiger charge is 2.02. The highest BCUT2D eigenvalue weighted by atomic mass is 15.3. The summed E-state index contributed by atoms with van der Waals surface area (Å²) in [5, 5.41) is 0.